The fourth-order valence-electron chi connectivity index (χ4n) is 2.98. The third kappa shape index (κ3) is 3.69. The summed E-state index contributed by atoms with van der Waals surface area (Å²) in [5.74, 6) is -0.854. The molecule has 0 spiro atoms. The number of carboxylic acids is 1. The monoisotopic (exact) mass is 270 g/mol. The van der Waals surface area contributed by atoms with Gasteiger partial charge in [-0.1, -0.05) is 19.8 Å². The summed E-state index contributed by atoms with van der Waals surface area (Å²) in [5, 5.41) is 9.51. The number of hydrogen-bond acceptors (Lipinski definition) is 3. The number of likely N-dealkylation sites (tertiary alicyclic amines) is 1. The molecule has 0 aromatic heterocycles. The minimum atomic E-state index is -0.945. The molecular weight excluding hydrogens is 244 g/mol. The van der Waals surface area contributed by atoms with E-state index in [0.29, 0.717) is 32.4 Å². The summed E-state index contributed by atoms with van der Waals surface area (Å²) in [6, 6.07) is 0. The average molecular weight is 270 g/mol. The van der Waals surface area contributed by atoms with Crippen LogP contribution in [-0.4, -0.2) is 40.5 Å². The average Bonchev–Trinajstić information content (AvgIpc) is 2.80. The molecule has 0 radical (unpaired) electrons. The third-order valence-corrected chi connectivity index (χ3v) is 3.95. The van der Waals surface area contributed by atoms with Crippen LogP contribution in [0.25, 0.3) is 0 Å². The van der Waals surface area contributed by atoms with Gasteiger partial charge in [0.25, 0.3) is 0 Å². The normalized spacial score (nSPS) is 22.7. The molecule has 0 saturated carbocycles. The molecule has 1 atom stereocenters. The van der Waals surface area contributed by atoms with E-state index in [4.69, 9.17) is 5.73 Å². The molecule has 1 aliphatic rings. The van der Waals surface area contributed by atoms with Gasteiger partial charge in [-0.05, 0) is 38.6 Å². The Morgan fingerprint density at radius 3 is 2.63 bits per heavy atom. The first-order valence-electron chi connectivity index (χ1n) is 7.32. The number of carboxylic acid groups (broad SMARTS) is 1. The van der Waals surface area contributed by atoms with Crippen LogP contribution >= 0.6 is 0 Å². The molecule has 1 rings (SSSR count). The van der Waals surface area contributed by atoms with E-state index in [2.05, 4.69) is 0 Å². The van der Waals surface area contributed by atoms with Gasteiger partial charge >= 0.3 is 5.97 Å². The zero-order valence-electron chi connectivity index (χ0n) is 11.9. The topological polar surface area (TPSA) is 83.6 Å². The summed E-state index contributed by atoms with van der Waals surface area (Å²) >= 11 is 0. The second-order valence-corrected chi connectivity index (χ2v) is 5.34. The Hall–Kier alpha value is -1.10. The lowest BCUT2D eigenvalue weighted by molar-refractivity contribution is -0.157. The van der Waals surface area contributed by atoms with Crippen molar-refractivity contribution in [3.63, 3.8) is 0 Å². The van der Waals surface area contributed by atoms with Crippen molar-refractivity contribution in [1.29, 1.82) is 0 Å². The largest absolute Gasteiger partial charge is 0.479 e. The molecule has 3 N–H and O–H groups in total. The van der Waals surface area contributed by atoms with E-state index in [1.165, 1.54) is 0 Å². The molecule has 0 aliphatic carbocycles. The van der Waals surface area contributed by atoms with E-state index in [-0.39, 0.29) is 5.91 Å². The first-order valence-corrected chi connectivity index (χ1v) is 7.32. The van der Waals surface area contributed by atoms with Crippen molar-refractivity contribution in [2.45, 2.75) is 63.8 Å². The van der Waals surface area contributed by atoms with Gasteiger partial charge in [0.1, 0.15) is 5.54 Å². The molecule has 0 aromatic rings. The first kappa shape index (κ1) is 16.0. The Bertz CT molecular complexity index is 320. The maximum atomic E-state index is 12.2. The van der Waals surface area contributed by atoms with E-state index in [1.54, 1.807) is 4.90 Å². The lowest BCUT2D eigenvalue weighted by Crippen LogP contribution is -2.53. The van der Waals surface area contributed by atoms with Crippen LogP contribution in [0.3, 0.4) is 0 Å². The summed E-state index contributed by atoms with van der Waals surface area (Å²) in [5.41, 5.74) is 4.47. The van der Waals surface area contributed by atoms with Crippen LogP contribution in [0.1, 0.15) is 58.3 Å². The maximum absolute atomic E-state index is 12.2. The SMILES string of the molecule is CCCC1(C(=O)O)CCCN1C(=O)CCCCCN. The van der Waals surface area contributed by atoms with Crippen LogP contribution in [0, 0.1) is 0 Å². The molecule has 1 fully saturated rings. The Kier molecular flexibility index (Phi) is 6.28. The van der Waals surface area contributed by atoms with Gasteiger partial charge in [-0.2, -0.15) is 0 Å². The van der Waals surface area contributed by atoms with Gasteiger partial charge in [-0.3, -0.25) is 4.79 Å². The predicted molar refractivity (Wildman–Crippen MR) is 73.7 cm³/mol. The highest BCUT2D eigenvalue weighted by Crippen LogP contribution is 2.34. The Morgan fingerprint density at radius 1 is 1.32 bits per heavy atom. The molecule has 1 saturated heterocycles. The van der Waals surface area contributed by atoms with Crippen LogP contribution in [0.5, 0.6) is 0 Å². The number of rotatable bonds is 8. The van der Waals surface area contributed by atoms with Gasteiger partial charge in [0.05, 0.1) is 0 Å². The highest BCUT2D eigenvalue weighted by atomic mass is 16.4. The molecule has 19 heavy (non-hydrogen) atoms. The third-order valence-electron chi connectivity index (χ3n) is 3.95. The van der Waals surface area contributed by atoms with Gasteiger partial charge in [-0.25, -0.2) is 4.79 Å². The molecule has 1 heterocycles. The van der Waals surface area contributed by atoms with E-state index in [0.717, 1.165) is 32.1 Å². The Balaban J connectivity index is 2.63. The zero-order valence-corrected chi connectivity index (χ0v) is 11.9. The van der Waals surface area contributed by atoms with Crippen LogP contribution in [0.2, 0.25) is 0 Å². The first-order chi connectivity index (χ1) is 9.08. The zero-order chi connectivity index (χ0) is 14.3. The Morgan fingerprint density at radius 2 is 2.05 bits per heavy atom. The Labute approximate surface area is 115 Å². The summed E-state index contributed by atoms with van der Waals surface area (Å²) in [4.78, 5) is 25.4. The number of hydrogen-bond donors (Lipinski definition) is 2. The van der Waals surface area contributed by atoms with E-state index in [9.17, 15) is 14.7 Å². The van der Waals surface area contributed by atoms with Gasteiger partial charge in [0.2, 0.25) is 5.91 Å². The van der Waals surface area contributed by atoms with E-state index in [1.807, 2.05) is 6.92 Å². The minimum absolute atomic E-state index is 0.00892. The highest BCUT2D eigenvalue weighted by Gasteiger charge is 2.48. The summed E-state index contributed by atoms with van der Waals surface area (Å²) < 4.78 is 0. The molecule has 5 heteroatoms. The number of nitrogens with zero attached hydrogens (tertiary/aromatic N) is 1. The molecule has 110 valence electrons. The standard InChI is InChI=1S/C14H26N2O3/c1-2-8-14(13(18)19)9-6-11-16(14)12(17)7-4-3-5-10-15/h2-11,15H2,1H3,(H,18,19). The van der Waals surface area contributed by atoms with Crippen molar-refractivity contribution in [2.24, 2.45) is 5.73 Å². The van der Waals surface area contributed by atoms with E-state index < -0.39 is 11.5 Å². The fourth-order valence-corrected chi connectivity index (χ4v) is 2.98. The maximum Gasteiger partial charge on any atom is 0.329 e. The van der Waals surface area contributed by atoms with Crippen LogP contribution in [-0.2, 0) is 9.59 Å². The fraction of sp³-hybridized carbons (Fsp3) is 0.857. The quantitative estimate of drug-likeness (QED) is 0.658. The van der Waals surface area contributed by atoms with Crippen molar-refractivity contribution in [3.05, 3.63) is 0 Å². The van der Waals surface area contributed by atoms with Crippen molar-refractivity contribution >= 4 is 11.9 Å². The van der Waals surface area contributed by atoms with Gasteiger partial charge in [0, 0.05) is 13.0 Å². The van der Waals surface area contributed by atoms with Crippen LogP contribution < -0.4 is 5.73 Å². The van der Waals surface area contributed by atoms with Crippen LogP contribution in [0.15, 0.2) is 0 Å². The van der Waals surface area contributed by atoms with Gasteiger partial charge in [-0.15, -0.1) is 0 Å². The number of aliphatic carboxylic acids is 1. The summed E-state index contributed by atoms with van der Waals surface area (Å²) in [6.07, 6.45) is 5.81. The number of carbonyl (C=O) groups is 2. The number of amides is 1. The highest BCUT2D eigenvalue weighted by molar-refractivity contribution is 5.87. The van der Waals surface area contributed by atoms with Gasteiger partial charge in [0.15, 0.2) is 0 Å². The summed E-state index contributed by atoms with van der Waals surface area (Å²) in [7, 11) is 0. The molecule has 0 bridgehead atoms. The molecule has 1 aliphatic heterocycles. The molecule has 1 amide bonds. The number of carbonyl (C=O) groups excluding carboxylic acids is 1. The predicted octanol–water partition coefficient (Wildman–Crippen LogP) is 1.75. The molecule has 1 unspecified atom stereocenters. The van der Waals surface area contributed by atoms with Gasteiger partial charge < -0.3 is 15.7 Å². The van der Waals surface area contributed by atoms with Crippen molar-refractivity contribution < 1.29 is 14.7 Å². The number of nitrogens with two attached hydrogens (primary N) is 1. The molecule has 5 nitrogen and oxygen atoms in total. The minimum Gasteiger partial charge on any atom is -0.479 e. The summed E-state index contributed by atoms with van der Waals surface area (Å²) in [6.45, 7) is 3.20. The smallest absolute Gasteiger partial charge is 0.329 e. The van der Waals surface area contributed by atoms with Crippen molar-refractivity contribution in [3.8, 4) is 0 Å². The molecular formula is C14H26N2O3. The lowest BCUT2D eigenvalue weighted by atomic mass is 9.90. The van der Waals surface area contributed by atoms with E-state index >= 15 is 0 Å². The van der Waals surface area contributed by atoms with Crippen LogP contribution in [0.4, 0.5) is 0 Å². The van der Waals surface area contributed by atoms with Crippen molar-refractivity contribution in [2.75, 3.05) is 13.1 Å². The van der Waals surface area contributed by atoms with Crippen molar-refractivity contribution in [1.82, 2.24) is 4.90 Å². The number of unbranched alkanes of at least 4 members (excludes halogenated alkanes) is 2. The second-order valence-electron chi connectivity index (χ2n) is 5.34. The second kappa shape index (κ2) is 7.48. The lowest BCUT2D eigenvalue weighted by Gasteiger charge is -2.34. The molecule has 0 aromatic carbocycles.